The molecule has 0 bridgehead atoms. The van der Waals surface area contributed by atoms with Crippen molar-refractivity contribution in [1.82, 2.24) is 0 Å². The van der Waals surface area contributed by atoms with E-state index >= 15 is 0 Å². The Morgan fingerprint density at radius 2 is 2.07 bits per heavy atom. The molecule has 0 radical (unpaired) electrons. The van der Waals surface area contributed by atoms with Crippen LogP contribution in [0.4, 0.5) is 11.4 Å². The first-order chi connectivity index (χ1) is 6.94. The van der Waals surface area contributed by atoms with Gasteiger partial charge in [-0.25, -0.2) is 0 Å². The fourth-order valence-electron chi connectivity index (χ4n) is 1.15. The summed E-state index contributed by atoms with van der Waals surface area (Å²) in [4.78, 5) is 0. The number of hydrogen-bond acceptors (Lipinski definition) is 2. The molecule has 2 nitrogen and oxygen atoms in total. The van der Waals surface area contributed by atoms with Gasteiger partial charge in [0.2, 0.25) is 0 Å². The summed E-state index contributed by atoms with van der Waals surface area (Å²) in [5.41, 5.74) is 8.01. The normalized spacial score (nSPS) is 11.5. The van der Waals surface area contributed by atoms with Crippen molar-refractivity contribution in [2.24, 2.45) is 5.41 Å². The molecule has 0 aromatic heterocycles. The Balaban J connectivity index is 2.66. The average molecular weight is 271 g/mol. The van der Waals surface area contributed by atoms with Crippen molar-refractivity contribution in [2.75, 3.05) is 17.6 Å². The van der Waals surface area contributed by atoms with Crippen LogP contribution in [0.3, 0.4) is 0 Å². The minimum absolute atomic E-state index is 0.305. The molecular weight excluding hydrogens is 252 g/mol. The van der Waals surface area contributed by atoms with Crippen LogP contribution < -0.4 is 11.1 Å². The molecule has 3 N–H and O–H groups in total. The van der Waals surface area contributed by atoms with Crippen molar-refractivity contribution >= 4 is 27.3 Å². The van der Waals surface area contributed by atoms with E-state index in [1.54, 1.807) is 0 Å². The summed E-state index contributed by atoms with van der Waals surface area (Å²) in [5, 5.41) is 3.39. The zero-order valence-electron chi connectivity index (χ0n) is 9.60. The van der Waals surface area contributed by atoms with E-state index in [1.165, 1.54) is 0 Å². The Kier molecular flexibility index (Phi) is 4.03. The summed E-state index contributed by atoms with van der Waals surface area (Å²) in [7, 11) is 0. The largest absolute Gasteiger partial charge is 0.397 e. The average Bonchev–Trinajstić information content (AvgIpc) is 2.16. The third-order valence-corrected chi connectivity index (χ3v) is 3.22. The summed E-state index contributed by atoms with van der Waals surface area (Å²) >= 11 is 3.39. The van der Waals surface area contributed by atoms with Crippen molar-refractivity contribution < 1.29 is 0 Å². The van der Waals surface area contributed by atoms with Gasteiger partial charge in [0, 0.05) is 11.0 Å². The Morgan fingerprint density at radius 3 is 2.60 bits per heavy atom. The molecule has 0 saturated carbocycles. The fraction of sp³-hybridized carbons (Fsp3) is 0.500. The zero-order valence-corrected chi connectivity index (χ0v) is 11.2. The minimum atomic E-state index is 0.305. The van der Waals surface area contributed by atoms with E-state index < -0.39 is 0 Å². The lowest BCUT2D eigenvalue weighted by Gasteiger charge is -2.24. The Morgan fingerprint density at radius 1 is 1.40 bits per heavy atom. The molecule has 1 aromatic rings. The monoisotopic (exact) mass is 270 g/mol. The maximum absolute atomic E-state index is 5.90. The summed E-state index contributed by atoms with van der Waals surface area (Å²) in [5.74, 6) is 0. The van der Waals surface area contributed by atoms with E-state index in [-0.39, 0.29) is 0 Å². The molecule has 0 spiro atoms. The van der Waals surface area contributed by atoms with Gasteiger partial charge in [0.25, 0.3) is 0 Å². The van der Waals surface area contributed by atoms with Crippen molar-refractivity contribution in [3.63, 3.8) is 0 Å². The van der Waals surface area contributed by atoms with Crippen LogP contribution >= 0.6 is 15.9 Å². The molecule has 0 heterocycles. The van der Waals surface area contributed by atoms with E-state index in [0.29, 0.717) is 5.41 Å². The van der Waals surface area contributed by atoms with E-state index in [0.717, 1.165) is 28.8 Å². The molecule has 1 rings (SSSR count). The van der Waals surface area contributed by atoms with Gasteiger partial charge in [-0.05, 0) is 30.0 Å². The van der Waals surface area contributed by atoms with Crippen molar-refractivity contribution in [3.05, 3.63) is 22.7 Å². The predicted octanol–water partition coefficient (Wildman–Crippen LogP) is 3.88. The molecule has 0 atom stereocenters. The second-order valence-electron chi connectivity index (χ2n) is 4.60. The number of hydrogen-bond donors (Lipinski definition) is 2. The van der Waals surface area contributed by atoms with Gasteiger partial charge in [-0.2, -0.15) is 0 Å². The third-order valence-electron chi connectivity index (χ3n) is 2.73. The van der Waals surface area contributed by atoms with Gasteiger partial charge in [-0.15, -0.1) is 0 Å². The lowest BCUT2D eigenvalue weighted by Crippen LogP contribution is -2.22. The molecule has 15 heavy (non-hydrogen) atoms. The van der Waals surface area contributed by atoms with Crippen LogP contribution in [0.15, 0.2) is 22.7 Å². The van der Waals surface area contributed by atoms with E-state index in [9.17, 15) is 0 Å². The molecule has 84 valence electrons. The smallest absolute Gasteiger partial charge is 0.0574 e. The number of nitrogen functional groups attached to an aromatic ring is 1. The van der Waals surface area contributed by atoms with E-state index in [2.05, 4.69) is 42.0 Å². The zero-order chi connectivity index (χ0) is 11.5. The number of nitrogens with two attached hydrogens (primary N) is 1. The second kappa shape index (κ2) is 4.88. The van der Waals surface area contributed by atoms with Crippen LogP contribution in [0.1, 0.15) is 27.2 Å². The molecule has 3 heteroatoms. The number of halogens is 1. The van der Waals surface area contributed by atoms with Crippen LogP contribution in [-0.2, 0) is 0 Å². The highest BCUT2D eigenvalue weighted by molar-refractivity contribution is 9.10. The van der Waals surface area contributed by atoms with Gasteiger partial charge in [-0.1, -0.05) is 36.7 Å². The molecule has 0 aliphatic heterocycles. The van der Waals surface area contributed by atoms with Gasteiger partial charge >= 0.3 is 0 Å². The lowest BCUT2D eigenvalue weighted by molar-refractivity contribution is 0.377. The predicted molar refractivity (Wildman–Crippen MR) is 71.1 cm³/mol. The first-order valence-electron chi connectivity index (χ1n) is 5.23. The Bertz CT molecular complexity index is 334. The second-order valence-corrected chi connectivity index (χ2v) is 5.52. The van der Waals surface area contributed by atoms with E-state index in [4.69, 9.17) is 5.73 Å². The lowest BCUT2D eigenvalue weighted by atomic mass is 9.90. The highest BCUT2D eigenvalue weighted by atomic mass is 79.9. The first-order valence-corrected chi connectivity index (χ1v) is 6.03. The summed E-state index contributed by atoms with van der Waals surface area (Å²) in [6, 6.07) is 5.92. The molecule has 0 unspecified atom stereocenters. The number of anilines is 2. The molecular formula is C12H19BrN2. The summed E-state index contributed by atoms with van der Waals surface area (Å²) in [6.07, 6.45) is 1.15. The van der Waals surface area contributed by atoms with Gasteiger partial charge < -0.3 is 11.1 Å². The van der Waals surface area contributed by atoms with Crippen LogP contribution in [0.5, 0.6) is 0 Å². The van der Waals surface area contributed by atoms with Crippen molar-refractivity contribution in [2.45, 2.75) is 27.2 Å². The van der Waals surface area contributed by atoms with Crippen molar-refractivity contribution in [3.8, 4) is 0 Å². The molecule has 1 aromatic carbocycles. The third kappa shape index (κ3) is 3.74. The molecule has 0 aliphatic rings. The van der Waals surface area contributed by atoms with Crippen LogP contribution in [0, 0.1) is 5.41 Å². The van der Waals surface area contributed by atoms with Gasteiger partial charge in [0.05, 0.1) is 11.4 Å². The number of rotatable bonds is 4. The highest BCUT2D eigenvalue weighted by Crippen LogP contribution is 2.26. The van der Waals surface area contributed by atoms with Crippen LogP contribution in [0.25, 0.3) is 0 Å². The molecule has 0 amide bonds. The summed E-state index contributed by atoms with van der Waals surface area (Å²) in [6.45, 7) is 7.63. The van der Waals surface area contributed by atoms with Crippen LogP contribution in [0.2, 0.25) is 0 Å². The molecule has 0 fully saturated rings. The standard InChI is InChI=1S/C12H19BrN2/c1-4-12(2,3)8-15-11-6-5-9(13)7-10(11)14/h5-7,15H,4,8,14H2,1-3H3. The quantitative estimate of drug-likeness (QED) is 0.815. The number of nitrogens with one attached hydrogen (secondary N) is 1. The Labute approximate surface area is 100 Å². The fourth-order valence-corrected chi connectivity index (χ4v) is 1.53. The van der Waals surface area contributed by atoms with Crippen molar-refractivity contribution in [1.29, 1.82) is 0 Å². The number of benzene rings is 1. The topological polar surface area (TPSA) is 38.0 Å². The Hall–Kier alpha value is -0.700. The molecule has 0 aliphatic carbocycles. The van der Waals surface area contributed by atoms with Gasteiger partial charge in [-0.3, -0.25) is 0 Å². The minimum Gasteiger partial charge on any atom is -0.397 e. The maximum atomic E-state index is 5.90. The SMILES string of the molecule is CCC(C)(C)CNc1ccc(Br)cc1N. The van der Waals surface area contributed by atoms with Gasteiger partial charge in [0.15, 0.2) is 0 Å². The van der Waals surface area contributed by atoms with E-state index in [1.807, 2.05) is 18.2 Å². The van der Waals surface area contributed by atoms with Crippen LogP contribution in [-0.4, -0.2) is 6.54 Å². The maximum Gasteiger partial charge on any atom is 0.0574 e. The van der Waals surface area contributed by atoms with Gasteiger partial charge in [0.1, 0.15) is 0 Å². The highest BCUT2D eigenvalue weighted by Gasteiger charge is 2.14. The molecule has 0 saturated heterocycles. The summed E-state index contributed by atoms with van der Waals surface area (Å²) < 4.78 is 1.01. The first kappa shape index (κ1) is 12.4.